The Kier molecular flexibility index (Phi) is 7.08. The normalized spacial score (nSPS) is 12.4. The van der Waals surface area contributed by atoms with E-state index >= 15 is 0 Å². The van der Waals surface area contributed by atoms with Crippen LogP contribution in [-0.4, -0.2) is 12.2 Å². The maximum atomic E-state index is 6.05. The summed E-state index contributed by atoms with van der Waals surface area (Å²) in [6.07, 6.45) is -0.343. The van der Waals surface area contributed by atoms with Crippen molar-refractivity contribution < 1.29 is 18.9 Å². The third-order valence-corrected chi connectivity index (χ3v) is 5.18. The maximum absolute atomic E-state index is 6.05. The molecule has 6 nitrogen and oxygen atoms in total. The number of nitrogens with two attached hydrogens (primary N) is 2. The standard InChI is InChI=1S/C28H28N2O4/c1-19(31-23-11-15-27(16-12-23)33-25-7-3-21(29)4-8-25)20(2)32-24-13-17-28(18-14-24)34-26-9-5-22(30)6-10-26/h3-20H,29-30H2,1-2H3. The molecular formula is C28H28N2O4. The topological polar surface area (TPSA) is 89.0 Å². The largest absolute Gasteiger partial charge is 0.487 e. The van der Waals surface area contributed by atoms with E-state index in [4.69, 9.17) is 30.4 Å². The fraction of sp³-hybridized carbons (Fsp3) is 0.143. The highest BCUT2D eigenvalue weighted by Crippen LogP contribution is 2.27. The van der Waals surface area contributed by atoms with Crippen LogP contribution >= 0.6 is 0 Å². The van der Waals surface area contributed by atoms with Gasteiger partial charge in [-0.2, -0.15) is 0 Å². The number of nitrogen functional groups attached to an aromatic ring is 2. The van der Waals surface area contributed by atoms with Gasteiger partial charge in [0.2, 0.25) is 0 Å². The van der Waals surface area contributed by atoms with Gasteiger partial charge in [0.15, 0.2) is 0 Å². The van der Waals surface area contributed by atoms with Crippen LogP contribution in [0.25, 0.3) is 0 Å². The molecule has 34 heavy (non-hydrogen) atoms. The third kappa shape index (κ3) is 6.36. The minimum Gasteiger partial charge on any atom is -0.487 e. The maximum Gasteiger partial charge on any atom is 0.132 e. The molecule has 0 fully saturated rings. The fourth-order valence-electron chi connectivity index (χ4n) is 3.14. The molecule has 0 aliphatic carbocycles. The van der Waals surface area contributed by atoms with Gasteiger partial charge in [-0.05, 0) is 111 Å². The monoisotopic (exact) mass is 456 g/mol. The van der Waals surface area contributed by atoms with E-state index in [9.17, 15) is 0 Å². The van der Waals surface area contributed by atoms with E-state index in [1.807, 2.05) is 86.6 Å². The minimum absolute atomic E-state index is 0.172. The van der Waals surface area contributed by atoms with Crippen LogP contribution in [0.4, 0.5) is 11.4 Å². The van der Waals surface area contributed by atoms with Gasteiger partial charge in [0, 0.05) is 11.4 Å². The first kappa shape index (κ1) is 22.9. The lowest BCUT2D eigenvalue weighted by atomic mass is 10.2. The molecule has 2 atom stereocenters. The predicted molar refractivity (Wildman–Crippen MR) is 135 cm³/mol. The molecule has 4 aromatic rings. The Balaban J connectivity index is 1.28. The average Bonchev–Trinajstić information content (AvgIpc) is 2.84. The van der Waals surface area contributed by atoms with Crippen molar-refractivity contribution in [3.63, 3.8) is 0 Å². The Morgan fingerprint density at radius 1 is 0.412 bits per heavy atom. The van der Waals surface area contributed by atoms with Gasteiger partial charge in [0.25, 0.3) is 0 Å². The lowest BCUT2D eigenvalue weighted by Gasteiger charge is -2.23. The molecule has 6 heteroatoms. The van der Waals surface area contributed by atoms with Crippen LogP contribution in [-0.2, 0) is 0 Å². The summed E-state index contributed by atoms with van der Waals surface area (Å²) in [6.45, 7) is 3.95. The molecule has 0 radical (unpaired) electrons. The zero-order valence-corrected chi connectivity index (χ0v) is 19.2. The molecule has 0 saturated heterocycles. The van der Waals surface area contributed by atoms with E-state index in [0.29, 0.717) is 11.4 Å². The van der Waals surface area contributed by atoms with Crippen LogP contribution in [0.3, 0.4) is 0 Å². The number of hydrogen-bond acceptors (Lipinski definition) is 6. The van der Waals surface area contributed by atoms with Crippen molar-refractivity contribution in [1.29, 1.82) is 0 Å². The summed E-state index contributed by atoms with van der Waals surface area (Å²) in [4.78, 5) is 0. The Morgan fingerprint density at radius 3 is 0.941 bits per heavy atom. The number of ether oxygens (including phenoxy) is 4. The van der Waals surface area contributed by atoms with Crippen LogP contribution < -0.4 is 30.4 Å². The van der Waals surface area contributed by atoms with Crippen molar-refractivity contribution in [3.8, 4) is 34.5 Å². The fourth-order valence-corrected chi connectivity index (χ4v) is 3.14. The van der Waals surface area contributed by atoms with Crippen molar-refractivity contribution in [2.75, 3.05) is 11.5 Å². The SMILES string of the molecule is CC(Oc1ccc(Oc2ccc(N)cc2)cc1)C(C)Oc1ccc(Oc2ccc(N)cc2)cc1. The van der Waals surface area contributed by atoms with Crippen molar-refractivity contribution in [2.45, 2.75) is 26.1 Å². The van der Waals surface area contributed by atoms with Gasteiger partial charge in [-0.15, -0.1) is 0 Å². The number of rotatable bonds is 9. The zero-order chi connectivity index (χ0) is 23.9. The van der Waals surface area contributed by atoms with Gasteiger partial charge >= 0.3 is 0 Å². The highest BCUT2D eigenvalue weighted by molar-refractivity contribution is 5.44. The summed E-state index contributed by atoms with van der Waals surface area (Å²) in [5.41, 5.74) is 12.8. The van der Waals surface area contributed by atoms with Crippen LogP contribution in [0, 0.1) is 0 Å². The molecule has 0 saturated carbocycles. The van der Waals surface area contributed by atoms with Crippen molar-refractivity contribution >= 4 is 11.4 Å². The minimum atomic E-state index is -0.172. The third-order valence-electron chi connectivity index (χ3n) is 5.18. The molecular weight excluding hydrogens is 428 g/mol. The van der Waals surface area contributed by atoms with E-state index in [1.54, 1.807) is 24.3 Å². The van der Waals surface area contributed by atoms with Gasteiger partial charge in [0.05, 0.1) is 0 Å². The number of hydrogen-bond donors (Lipinski definition) is 2. The first-order valence-electron chi connectivity index (χ1n) is 11.0. The smallest absolute Gasteiger partial charge is 0.132 e. The molecule has 0 spiro atoms. The molecule has 0 aliphatic heterocycles. The molecule has 4 aromatic carbocycles. The zero-order valence-electron chi connectivity index (χ0n) is 19.2. The molecule has 4 N–H and O–H groups in total. The Hall–Kier alpha value is -4.32. The predicted octanol–water partition coefficient (Wildman–Crippen LogP) is 6.67. The molecule has 0 amide bonds. The molecule has 0 bridgehead atoms. The molecule has 0 aromatic heterocycles. The van der Waals surface area contributed by atoms with Crippen molar-refractivity contribution in [1.82, 2.24) is 0 Å². The molecule has 174 valence electrons. The van der Waals surface area contributed by atoms with E-state index < -0.39 is 0 Å². The molecule has 0 aliphatic rings. The Bertz CT molecular complexity index is 1080. The first-order chi connectivity index (χ1) is 16.4. The average molecular weight is 457 g/mol. The summed E-state index contributed by atoms with van der Waals surface area (Å²) < 4.78 is 23.7. The van der Waals surface area contributed by atoms with E-state index in [2.05, 4.69) is 0 Å². The number of benzene rings is 4. The lowest BCUT2D eigenvalue weighted by molar-refractivity contribution is 0.0779. The van der Waals surface area contributed by atoms with Crippen LogP contribution in [0.2, 0.25) is 0 Å². The molecule has 4 rings (SSSR count). The highest BCUT2D eigenvalue weighted by atomic mass is 16.5. The Morgan fingerprint density at radius 2 is 0.647 bits per heavy atom. The van der Waals surface area contributed by atoms with E-state index in [0.717, 1.165) is 34.5 Å². The number of anilines is 2. The van der Waals surface area contributed by atoms with Gasteiger partial charge in [0.1, 0.15) is 46.7 Å². The highest BCUT2D eigenvalue weighted by Gasteiger charge is 2.16. The first-order valence-corrected chi connectivity index (χ1v) is 11.0. The molecule has 0 heterocycles. The second-order valence-corrected chi connectivity index (χ2v) is 7.93. The molecule has 2 unspecified atom stereocenters. The van der Waals surface area contributed by atoms with E-state index in [-0.39, 0.29) is 12.2 Å². The van der Waals surface area contributed by atoms with Crippen molar-refractivity contribution in [3.05, 3.63) is 97.1 Å². The van der Waals surface area contributed by atoms with Crippen LogP contribution in [0.5, 0.6) is 34.5 Å². The quantitative estimate of drug-likeness (QED) is 0.273. The Labute approximate surface area is 199 Å². The van der Waals surface area contributed by atoms with Gasteiger partial charge in [-0.1, -0.05) is 0 Å². The second kappa shape index (κ2) is 10.5. The summed E-state index contributed by atoms with van der Waals surface area (Å²) >= 11 is 0. The van der Waals surface area contributed by atoms with Crippen molar-refractivity contribution in [2.24, 2.45) is 0 Å². The lowest BCUT2D eigenvalue weighted by Crippen LogP contribution is -2.31. The summed E-state index contributed by atoms with van der Waals surface area (Å²) in [7, 11) is 0. The van der Waals surface area contributed by atoms with Gasteiger partial charge < -0.3 is 30.4 Å². The summed E-state index contributed by atoms with van der Waals surface area (Å²) in [5, 5.41) is 0. The summed E-state index contributed by atoms with van der Waals surface area (Å²) in [6, 6.07) is 29.5. The van der Waals surface area contributed by atoms with Gasteiger partial charge in [-0.25, -0.2) is 0 Å². The van der Waals surface area contributed by atoms with E-state index in [1.165, 1.54) is 0 Å². The van der Waals surface area contributed by atoms with Crippen LogP contribution in [0.1, 0.15) is 13.8 Å². The second-order valence-electron chi connectivity index (χ2n) is 7.93. The van der Waals surface area contributed by atoms with Gasteiger partial charge in [-0.3, -0.25) is 0 Å². The van der Waals surface area contributed by atoms with Crippen LogP contribution in [0.15, 0.2) is 97.1 Å². The summed E-state index contributed by atoms with van der Waals surface area (Å²) in [5.74, 6) is 4.36.